The van der Waals surface area contributed by atoms with Crippen LogP contribution >= 0.6 is 11.6 Å². The van der Waals surface area contributed by atoms with Gasteiger partial charge in [0.1, 0.15) is 0 Å². The molecule has 2 rings (SSSR count). The Balaban J connectivity index is 1.84. The Kier molecular flexibility index (Phi) is 6.79. The summed E-state index contributed by atoms with van der Waals surface area (Å²) in [5.41, 5.74) is 2.45. The lowest BCUT2D eigenvalue weighted by atomic mass is 10.0. The van der Waals surface area contributed by atoms with Gasteiger partial charge < -0.3 is 15.2 Å². The molecule has 5 heteroatoms. The molecular formula is C19H22ClNO3. The standard InChI is InChI=1S/C19H22ClNO3/c1-13(10-14-6-8-15(9-7-14)19(23)24-2)21-12-18(22)16-4-3-5-17(20)11-16/h3-9,11,13,18,21-22H,10,12H2,1-2H3/t13-,18-/m0/s1. The summed E-state index contributed by atoms with van der Waals surface area (Å²) in [4.78, 5) is 11.4. The molecule has 0 heterocycles. The maximum absolute atomic E-state index is 11.4. The highest BCUT2D eigenvalue weighted by molar-refractivity contribution is 6.30. The molecule has 0 fully saturated rings. The van der Waals surface area contributed by atoms with Crippen molar-refractivity contribution in [2.45, 2.75) is 25.5 Å². The van der Waals surface area contributed by atoms with Gasteiger partial charge in [-0.25, -0.2) is 4.79 Å². The average molecular weight is 348 g/mol. The van der Waals surface area contributed by atoms with Gasteiger partial charge in [0.2, 0.25) is 0 Å². The number of carbonyl (C=O) groups is 1. The van der Waals surface area contributed by atoms with Crippen molar-refractivity contribution in [2.75, 3.05) is 13.7 Å². The van der Waals surface area contributed by atoms with E-state index in [1.807, 2.05) is 24.3 Å². The Morgan fingerprint density at radius 1 is 1.25 bits per heavy atom. The molecule has 4 nitrogen and oxygen atoms in total. The summed E-state index contributed by atoms with van der Waals surface area (Å²) >= 11 is 5.94. The van der Waals surface area contributed by atoms with Gasteiger partial charge in [-0.05, 0) is 48.7 Å². The second-order valence-electron chi connectivity index (χ2n) is 5.77. The van der Waals surface area contributed by atoms with E-state index in [-0.39, 0.29) is 12.0 Å². The average Bonchev–Trinajstić information content (AvgIpc) is 2.59. The number of nitrogens with one attached hydrogen (secondary N) is 1. The molecule has 24 heavy (non-hydrogen) atoms. The lowest BCUT2D eigenvalue weighted by Gasteiger charge is -2.18. The largest absolute Gasteiger partial charge is 0.465 e. The molecule has 2 aromatic rings. The zero-order valence-corrected chi connectivity index (χ0v) is 14.6. The summed E-state index contributed by atoms with van der Waals surface area (Å²) in [6, 6.07) is 14.8. The molecule has 0 aliphatic rings. The van der Waals surface area contributed by atoms with Gasteiger partial charge in [0.25, 0.3) is 0 Å². The number of benzene rings is 2. The van der Waals surface area contributed by atoms with Crippen molar-refractivity contribution in [1.82, 2.24) is 5.32 Å². The van der Waals surface area contributed by atoms with Crippen LogP contribution in [0.4, 0.5) is 0 Å². The second kappa shape index (κ2) is 8.83. The number of ether oxygens (including phenoxy) is 1. The van der Waals surface area contributed by atoms with E-state index in [0.29, 0.717) is 17.1 Å². The Morgan fingerprint density at radius 2 is 1.96 bits per heavy atom. The molecule has 0 radical (unpaired) electrons. The number of carbonyl (C=O) groups excluding carboxylic acids is 1. The first-order chi connectivity index (χ1) is 11.5. The number of aliphatic hydroxyl groups excluding tert-OH is 1. The highest BCUT2D eigenvalue weighted by atomic mass is 35.5. The summed E-state index contributed by atoms with van der Waals surface area (Å²) in [6.07, 6.45) is 0.192. The predicted octanol–water partition coefficient (Wildman–Crippen LogP) is 3.38. The van der Waals surface area contributed by atoms with E-state index in [1.54, 1.807) is 24.3 Å². The van der Waals surface area contributed by atoms with Gasteiger partial charge in [-0.15, -0.1) is 0 Å². The van der Waals surface area contributed by atoms with Gasteiger partial charge in [0.15, 0.2) is 0 Å². The normalized spacial score (nSPS) is 13.3. The molecule has 0 unspecified atom stereocenters. The van der Waals surface area contributed by atoms with Crippen molar-refractivity contribution in [3.05, 3.63) is 70.2 Å². The molecule has 0 saturated carbocycles. The van der Waals surface area contributed by atoms with E-state index in [1.165, 1.54) is 7.11 Å². The molecule has 0 spiro atoms. The minimum Gasteiger partial charge on any atom is -0.465 e. The number of hydrogen-bond donors (Lipinski definition) is 2. The number of aliphatic hydroxyl groups is 1. The first-order valence-corrected chi connectivity index (χ1v) is 8.21. The molecule has 2 atom stereocenters. The minimum atomic E-state index is -0.604. The smallest absolute Gasteiger partial charge is 0.337 e. The summed E-state index contributed by atoms with van der Waals surface area (Å²) in [6.45, 7) is 2.50. The minimum absolute atomic E-state index is 0.183. The van der Waals surface area contributed by atoms with E-state index in [4.69, 9.17) is 11.6 Å². The molecular weight excluding hydrogens is 326 g/mol. The fraction of sp³-hybridized carbons (Fsp3) is 0.316. The predicted molar refractivity (Wildman–Crippen MR) is 95.4 cm³/mol. The molecule has 128 valence electrons. The summed E-state index contributed by atoms with van der Waals surface area (Å²) in [7, 11) is 1.37. The lowest BCUT2D eigenvalue weighted by Crippen LogP contribution is -2.32. The zero-order chi connectivity index (χ0) is 17.5. The summed E-state index contributed by atoms with van der Waals surface area (Å²) < 4.78 is 4.68. The Labute approximate surface area is 147 Å². The third-order valence-electron chi connectivity index (χ3n) is 3.81. The van der Waals surface area contributed by atoms with Gasteiger partial charge >= 0.3 is 5.97 Å². The van der Waals surface area contributed by atoms with Crippen molar-refractivity contribution in [3.63, 3.8) is 0 Å². The first kappa shape index (κ1) is 18.5. The molecule has 2 aromatic carbocycles. The Hall–Kier alpha value is -1.88. The van der Waals surface area contributed by atoms with E-state index in [0.717, 1.165) is 17.5 Å². The Morgan fingerprint density at radius 3 is 2.58 bits per heavy atom. The number of methoxy groups -OCH3 is 1. The van der Waals surface area contributed by atoms with Crippen molar-refractivity contribution in [3.8, 4) is 0 Å². The lowest BCUT2D eigenvalue weighted by molar-refractivity contribution is 0.0600. The van der Waals surface area contributed by atoms with Gasteiger partial charge in [-0.2, -0.15) is 0 Å². The number of rotatable bonds is 7. The molecule has 0 aliphatic carbocycles. The van der Waals surface area contributed by atoms with Crippen molar-refractivity contribution in [1.29, 1.82) is 0 Å². The molecule has 2 N–H and O–H groups in total. The topological polar surface area (TPSA) is 58.6 Å². The Bertz CT molecular complexity index is 673. The maximum Gasteiger partial charge on any atom is 0.337 e. The number of halogens is 1. The van der Waals surface area contributed by atoms with Crippen LogP contribution in [-0.2, 0) is 11.2 Å². The summed E-state index contributed by atoms with van der Waals surface area (Å²) in [5.74, 6) is -0.336. The van der Waals surface area contributed by atoms with E-state index >= 15 is 0 Å². The molecule has 0 amide bonds. The number of hydrogen-bond acceptors (Lipinski definition) is 4. The van der Waals surface area contributed by atoms with Crippen molar-refractivity contribution in [2.24, 2.45) is 0 Å². The van der Waals surface area contributed by atoms with Crippen LogP contribution in [0, 0.1) is 0 Å². The van der Waals surface area contributed by atoms with Crippen molar-refractivity contribution < 1.29 is 14.6 Å². The van der Waals surface area contributed by atoms with E-state index in [2.05, 4.69) is 17.0 Å². The second-order valence-corrected chi connectivity index (χ2v) is 6.21. The van der Waals surface area contributed by atoms with Gasteiger partial charge in [-0.3, -0.25) is 0 Å². The molecule has 0 aliphatic heterocycles. The van der Waals surface area contributed by atoms with Gasteiger partial charge in [0, 0.05) is 17.6 Å². The van der Waals surface area contributed by atoms with Crippen LogP contribution in [0.15, 0.2) is 48.5 Å². The third kappa shape index (κ3) is 5.34. The molecule has 0 bridgehead atoms. The van der Waals surface area contributed by atoms with Crippen molar-refractivity contribution >= 4 is 17.6 Å². The summed E-state index contributed by atoms with van der Waals surface area (Å²) in [5, 5.41) is 14.1. The van der Waals surface area contributed by atoms with Crippen LogP contribution < -0.4 is 5.32 Å². The number of esters is 1. The fourth-order valence-corrected chi connectivity index (χ4v) is 2.66. The maximum atomic E-state index is 11.4. The van der Waals surface area contributed by atoms with Crippen LogP contribution in [0.25, 0.3) is 0 Å². The van der Waals surface area contributed by atoms with Crippen LogP contribution in [0.3, 0.4) is 0 Å². The monoisotopic (exact) mass is 347 g/mol. The van der Waals surface area contributed by atoms with E-state index < -0.39 is 6.10 Å². The van der Waals surface area contributed by atoms with Crippen LogP contribution in [0.2, 0.25) is 5.02 Å². The highest BCUT2D eigenvalue weighted by Crippen LogP contribution is 2.17. The van der Waals surface area contributed by atoms with Crippen LogP contribution in [0.1, 0.15) is 34.5 Å². The highest BCUT2D eigenvalue weighted by Gasteiger charge is 2.11. The quantitative estimate of drug-likeness (QED) is 0.754. The zero-order valence-electron chi connectivity index (χ0n) is 13.8. The van der Waals surface area contributed by atoms with Crippen LogP contribution in [0.5, 0.6) is 0 Å². The molecule has 0 saturated heterocycles. The fourth-order valence-electron chi connectivity index (χ4n) is 2.47. The first-order valence-electron chi connectivity index (χ1n) is 7.83. The third-order valence-corrected chi connectivity index (χ3v) is 4.05. The van der Waals surface area contributed by atoms with Crippen LogP contribution in [-0.4, -0.2) is 30.8 Å². The molecule has 0 aromatic heterocycles. The van der Waals surface area contributed by atoms with Gasteiger partial charge in [-0.1, -0.05) is 35.9 Å². The van der Waals surface area contributed by atoms with Gasteiger partial charge in [0.05, 0.1) is 18.8 Å². The SMILES string of the molecule is COC(=O)c1ccc(C[C@H](C)NC[C@H](O)c2cccc(Cl)c2)cc1. The van der Waals surface area contributed by atoms with E-state index in [9.17, 15) is 9.90 Å².